The number of rotatable bonds is 12. The molecule has 1 spiro atoms. The van der Waals surface area contributed by atoms with Crippen molar-refractivity contribution in [3.63, 3.8) is 0 Å². The molecular formula is C37H53NO14. The van der Waals surface area contributed by atoms with E-state index in [0.29, 0.717) is 0 Å². The Morgan fingerprint density at radius 2 is 1.44 bits per heavy atom. The highest BCUT2D eigenvalue weighted by atomic mass is 16.6. The molecule has 0 aliphatic heterocycles. The molecule has 0 aromatic rings. The van der Waals surface area contributed by atoms with Crippen LogP contribution in [0.2, 0.25) is 0 Å². The molecule has 0 saturated heterocycles. The summed E-state index contributed by atoms with van der Waals surface area (Å²) in [7, 11) is 0. The summed E-state index contributed by atoms with van der Waals surface area (Å²) in [5.74, 6) is -6.25. The summed E-state index contributed by atoms with van der Waals surface area (Å²) in [6.07, 6.45) is -4.74. The molecule has 290 valence electrons. The van der Waals surface area contributed by atoms with Gasteiger partial charge in [0.25, 0.3) is 0 Å². The van der Waals surface area contributed by atoms with Crippen LogP contribution in [0.25, 0.3) is 0 Å². The largest absolute Gasteiger partial charge is 0.462 e. The molecule has 15 heteroatoms. The Morgan fingerprint density at radius 1 is 0.827 bits per heavy atom. The first kappa shape index (κ1) is 40.9. The number of hydrogen-bond donors (Lipinski definition) is 1. The maximum atomic E-state index is 14.9. The van der Waals surface area contributed by atoms with Crippen molar-refractivity contribution < 1.29 is 66.7 Å². The predicted octanol–water partition coefficient (Wildman–Crippen LogP) is 3.04. The Balaban J connectivity index is 1.55. The van der Waals surface area contributed by atoms with Gasteiger partial charge in [-0.15, -0.1) is 0 Å². The van der Waals surface area contributed by atoms with Crippen LogP contribution in [-0.4, -0.2) is 105 Å². The molecule has 2 bridgehead atoms. The Kier molecular flexibility index (Phi) is 12.0. The van der Waals surface area contributed by atoms with Crippen molar-refractivity contribution in [3.8, 4) is 0 Å². The fraction of sp³-hybridized carbons (Fsp3) is 0.757. The van der Waals surface area contributed by atoms with Gasteiger partial charge in [-0.3, -0.25) is 24.0 Å². The van der Waals surface area contributed by atoms with Crippen molar-refractivity contribution in [2.24, 2.45) is 34.0 Å². The number of allylic oxidation sites excluding steroid dienone is 1. The van der Waals surface area contributed by atoms with E-state index in [9.17, 15) is 33.6 Å². The van der Waals surface area contributed by atoms with Crippen LogP contribution in [0.3, 0.4) is 0 Å². The van der Waals surface area contributed by atoms with E-state index in [1.807, 2.05) is 0 Å². The maximum absolute atomic E-state index is 14.9. The number of ketones is 2. The van der Waals surface area contributed by atoms with E-state index in [2.05, 4.69) is 11.9 Å². The second kappa shape index (κ2) is 15.2. The van der Waals surface area contributed by atoms with Crippen molar-refractivity contribution in [1.29, 1.82) is 0 Å². The molecular weight excluding hydrogens is 682 g/mol. The van der Waals surface area contributed by atoms with Gasteiger partial charge in [0.2, 0.25) is 0 Å². The second-order valence-corrected chi connectivity index (χ2v) is 16.1. The molecule has 4 rings (SSSR count). The van der Waals surface area contributed by atoms with Crippen molar-refractivity contribution in [2.45, 2.75) is 112 Å². The molecule has 0 unspecified atom stereocenters. The van der Waals surface area contributed by atoms with Gasteiger partial charge in [-0.25, -0.2) is 9.59 Å². The predicted molar refractivity (Wildman–Crippen MR) is 180 cm³/mol. The van der Waals surface area contributed by atoms with E-state index in [1.165, 1.54) is 13.8 Å². The summed E-state index contributed by atoms with van der Waals surface area (Å²) >= 11 is 0. The van der Waals surface area contributed by atoms with Gasteiger partial charge in [-0.2, -0.15) is 0 Å². The van der Waals surface area contributed by atoms with E-state index in [4.69, 9.17) is 33.2 Å². The fourth-order valence-electron chi connectivity index (χ4n) is 9.42. The summed E-state index contributed by atoms with van der Waals surface area (Å²) in [5.41, 5.74) is -4.49. The molecule has 52 heavy (non-hydrogen) atoms. The quantitative estimate of drug-likeness (QED) is 0.133. The third kappa shape index (κ3) is 7.90. The van der Waals surface area contributed by atoms with Crippen molar-refractivity contribution >= 4 is 41.5 Å². The zero-order valence-electron chi connectivity index (χ0n) is 31.6. The van der Waals surface area contributed by atoms with Crippen LogP contribution >= 0.6 is 0 Å². The molecule has 1 N–H and O–H groups in total. The lowest BCUT2D eigenvalue weighted by Gasteiger charge is -2.66. The Morgan fingerprint density at radius 3 is 2.04 bits per heavy atom. The van der Waals surface area contributed by atoms with Crippen LogP contribution in [0.1, 0.15) is 81.6 Å². The number of hydrogen-bond acceptors (Lipinski definition) is 14. The first-order chi connectivity index (χ1) is 24.1. The number of carbonyl (C=O) groups is 7. The lowest BCUT2D eigenvalue weighted by atomic mass is 9.38. The van der Waals surface area contributed by atoms with Gasteiger partial charge in [0.15, 0.2) is 17.7 Å². The highest BCUT2D eigenvalue weighted by Gasteiger charge is 2.80. The number of amides is 1. The number of ether oxygens (including phenoxy) is 7. The highest BCUT2D eigenvalue weighted by Crippen LogP contribution is 2.71. The monoisotopic (exact) mass is 735 g/mol. The van der Waals surface area contributed by atoms with Gasteiger partial charge in [-0.1, -0.05) is 27.4 Å². The molecule has 0 radical (unpaired) electrons. The van der Waals surface area contributed by atoms with Crippen LogP contribution in [-0.2, 0) is 61.9 Å². The number of Topliss-reactive ketones (excluding diaryl/α,β-unsaturated/α-hetero) is 2. The SMILES string of the molecule is C=C1C(=O)[C@]23C[C@H]1C[C@H](OC(C)=O)[C@H]2[C@]1(C)[C@@H](OC(C)=O)C[C@H](OC(=O)COCCOCCNC(=O)OC(C)(C)C)C(C)(C)[C@H]1C(=O)[C@@H]3OC(C)=O. The summed E-state index contributed by atoms with van der Waals surface area (Å²) in [4.78, 5) is 91.8. The first-order valence-corrected chi connectivity index (χ1v) is 17.7. The summed E-state index contributed by atoms with van der Waals surface area (Å²) < 4.78 is 39.6. The second-order valence-electron chi connectivity index (χ2n) is 16.1. The molecule has 4 saturated carbocycles. The smallest absolute Gasteiger partial charge is 0.407 e. The normalized spacial score (nSPS) is 33.2. The topological polar surface area (TPSA) is 196 Å². The average Bonchev–Trinajstić information content (AvgIpc) is 3.18. The minimum atomic E-state index is -1.62. The fourth-order valence-corrected chi connectivity index (χ4v) is 9.42. The standard InChI is InChI=1S/C37H53NO14/c1-19-23-15-24(48-20(2)39)29-36(10)26(49-21(3)40)16-25(51-27(42)18-47-14-13-46-12-11-38-33(45)52-34(5,6)7)35(8,9)30(36)28(43)32(50-22(4)41)37(29,17-23)31(19)44/h23-26,29-30,32H,1,11-18H2,2-10H3,(H,38,45)/t23-,24+,25+,26+,29+,30-,32+,36+,37+/m1/s1. The lowest BCUT2D eigenvalue weighted by Crippen LogP contribution is -2.76. The van der Waals surface area contributed by atoms with Crippen molar-refractivity contribution in [2.75, 3.05) is 33.0 Å². The van der Waals surface area contributed by atoms with Gasteiger partial charge in [0.05, 0.1) is 25.2 Å². The number of alkyl carbamates (subject to hydrolysis) is 1. The molecule has 0 heterocycles. The highest BCUT2D eigenvalue weighted by molar-refractivity contribution is 6.08. The molecule has 9 atom stereocenters. The van der Waals surface area contributed by atoms with Gasteiger partial charge in [0.1, 0.15) is 30.5 Å². The van der Waals surface area contributed by atoms with Crippen LogP contribution in [0.15, 0.2) is 12.2 Å². The first-order valence-electron chi connectivity index (χ1n) is 17.7. The molecule has 0 aromatic carbocycles. The third-order valence-corrected chi connectivity index (χ3v) is 10.9. The maximum Gasteiger partial charge on any atom is 0.407 e. The lowest BCUT2D eigenvalue weighted by molar-refractivity contribution is -0.265. The molecule has 4 aliphatic rings. The Labute approximate surface area is 304 Å². The van der Waals surface area contributed by atoms with Crippen molar-refractivity contribution in [1.82, 2.24) is 5.32 Å². The minimum absolute atomic E-state index is 0.0382. The summed E-state index contributed by atoms with van der Waals surface area (Å²) in [6.45, 7) is 18.2. The zero-order chi connectivity index (χ0) is 39.0. The van der Waals surface area contributed by atoms with Crippen LogP contribution in [0, 0.1) is 34.0 Å². The van der Waals surface area contributed by atoms with Crippen LogP contribution in [0.4, 0.5) is 4.79 Å². The molecule has 15 nitrogen and oxygen atoms in total. The molecule has 4 fully saturated rings. The van der Waals surface area contributed by atoms with E-state index in [0.717, 1.165) is 6.92 Å². The molecule has 1 amide bonds. The van der Waals surface area contributed by atoms with Gasteiger partial charge >= 0.3 is 30.0 Å². The van der Waals surface area contributed by atoms with E-state index in [-0.39, 0.29) is 51.2 Å². The van der Waals surface area contributed by atoms with Gasteiger partial charge < -0.3 is 38.5 Å². The Hall–Kier alpha value is -3.85. The average molecular weight is 736 g/mol. The number of nitrogens with one attached hydrogen (secondary N) is 1. The van der Waals surface area contributed by atoms with E-state index < -0.39 is 112 Å². The number of fused-ring (bicyclic) bond motifs is 3. The molecule has 0 aromatic heterocycles. The van der Waals surface area contributed by atoms with Gasteiger partial charge in [0, 0.05) is 56.4 Å². The summed E-state index contributed by atoms with van der Waals surface area (Å²) in [6, 6.07) is 0. The van der Waals surface area contributed by atoms with Crippen LogP contribution < -0.4 is 5.32 Å². The van der Waals surface area contributed by atoms with Gasteiger partial charge in [-0.05, 0) is 45.1 Å². The van der Waals surface area contributed by atoms with Crippen LogP contribution in [0.5, 0.6) is 0 Å². The Bertz CT molecular complexity index is 1480. The van der Waals surface area contributed by atoms with E-state index in [1.54, 1.807) is 41.5 Å². The van der Waals surface area contributed by atoms with Crippen molar-refractivity contribution in [3.05, 3.63) is 12.2 Å². The number of carbonyl (C=O) groups excluding carboxylic acids is 7. The van der Waals surface area contributed by atoms with E-state index >= 15 is 0 Å². The molecule has 4 aliphatic carbocycles. The summed E-state index contributed by atoms with van der Waals surface area (Å²) in [5, 5.41) is 2.57. The zero-order valence-corrected chi connectivity index (χ0v) is 31.6. The minimum Gasteiger partial charge on any atom is -0.462 e. The number of esters is 4. The third-order valence-electron chi connectivity index (χ3n) is 10.9.